The Labute approximate surface area is 224 Å². The molecule has 3 N–H and O–H groups in total. The van der Waals surface area contributed by atoms with Crippen molar-refractivity contribution in [1.82, 2.24) is 0 Å². The maximum Gasteiger partial charge on any atom is 0.303 e. The number of esters is 1. The van der Waals surface area contributed by atoms with Crippen molar-refractivity contribution in [2.24, 2.45) is 39.9 Å². The molecule has 0 aliphatic heterocycles. The average Bonchev–Trinajstić information content (AvgIpc) is 3.15. The minimum atomic E-state index is -0.939. The van der Waals surface area contributed by atoms with Gasteiger partial charge in [-0.25, -0.2) is 0 Å². The Morgan fingerprint density at radius 3 is 2.41 bits per heavy atom. The summed E-state index contributed by atoms with van der Waals surface area (Å²) >= 11 is 0. The van der Waals surface area contributed by atoms with Crippen LogP contribution >= 0.6 is 0 Å². The zero-order valence-corrected chi connectivity index (χ0v) is 24.3. The van der Waals surface area contributed by atoms with Gasteiger partial charge >= 0.3 is 5.97 Å². The van der Waals surface area contributed by atoms with Crippen LogP contribution in [0.15, 0.2) is 34.9 Å². The van der Waals surface area contributed by atoms with Gasteiger partial charge in [0, 0.05) is 12.3 Å². The third kappa shape index (κ3) is 4.28. The number of fused-ring (bicyclic) bond motifs is 4. The van der Waals surface area contributed by atoms with E-state index in [2.05, 4.69) is 47.3 Å². The number of hydrogen-bond acceptors (Lipinski definition) is 5. The van der Waals surface area contributed by atoms with Gasteiger partial charge in [-0.1, -0.05) is 66.7 Å². The molecule has 0 saturated heterocycles. The van der Waals surface area contributed by atoms with Crippen molar-refractivity contribution in [2.45, 2.75) is 118 Å². The molecule has 9 unspecified atom stereocenters. The topological polar surface area (TPSA) is 87.0 Å². The molecule has 0 amide bonds. The summed E-state index contributed by atoms with van der Waals surface area (Å²) in [5.41, 5.74) is 3.17. The Bertz CT molecular complexity index is 1000. The SMILES string of the molecule is C=C(CCC(C)C1CC=C2C3=C(C(O)C(OC(C)=O)C21C)C1(C)CC(O)C(O)C(C)(C)C1CC3)C(C)C. The smallest absolute Gasteiger partial charge is 0.303 e. The van der Waals surface area contributed by atoms with Gasteiger partial charge in [0.2, 0.25) is 0 Å². The van der Waals surface area contributed by atoms with Crippen molar-refractivity contribution in [3.8, 4) is 0 Å². The summed E-state index contributed by atoms with van der Waals surface area (Å²) < 4.78 is 6.04. The van der Waals surface area contributed by atoms with E-state index in [4.69, 9.17) is 4.74 Å². The number of allylic oxidation sites excluding steroid dienone is 3. The number of ether oxygens (including phenoxy) is 1. The van der Waals surface area contributed by atoms with Gasteiger partial charge in [0.25, 0.3) is 0 Å². The molecule has 1 saturated carbocycles. The van der Waals surface area contributed by atoms with Crippen molar-refractivity contribution < 1.29 is 24.9 Å². The van der Waals surface area contributed by atoms with Gasteiger partial charge in [0.15, 0.2) is 0 Å². The summed E-state index contributed by atoms with van der Waals surface area (Å²) in [4.78, 5) is 12.4. The predicted octanol–water partition coefficient (Wildman–Crippen LogP) is 5.74. The van der Waals surface area contributed by atoms with Crippen LogP contribution in [0.1, 0.15) is 93.9 Å². The van der Waals surface area contributed by atoms with E-state index in [9.17, 15) is 20.1 Å². The lowest BCUT2D eigenvalue weighted by Crippen LogP contribution is -2.62. The number of carbonyl (C=O) groups excluding carboxylic acids is 1. The van der Waals surface area contributed by atoms with Crippen molar-refractivity contribution >= 4 is 5.97 Å². The summed E-state index contributed by atoms with van der Waals surface area (Å²) in [5, 5.41) is 33.9. The van der Waals surface area contributed by atoms with E-state index < -0.39 is 40.7 Å². The summed E-state index contributed by atoms with van der Waals surface area (Å²) in [5.74, 6) is 0.808. The lowest BCUT2D eigenvalue weighted by molar-refractivity contribution is -0.176. The minimum absolute atomic E-state index is 0.105. The van der Waals surface area contributed by atoms with Crippen LogP contribution in [0.3, 0.4) is 0 Å². The van der Waals surface area contributed by atoms with Crippen molar-refractivity contribution in [2.75, 3.05) is 0 Å². The fourth-order valence-corrected chi connectivity index (χ4v) is 9.06. The molecule has 208 valence electrons. The van der Waals surface area contributed by atoms with Crippen LogP contribution in [-0.4, -0.2) is 45.7 Å². The fraction of sp³-hybridized carbons (Fsp3) is 0.781. The van der Waals surface area contributed by atoms with Gasteiger partial charge in [0.1, 0.15) is 12.2 Å². The standard InChI is InChI=1S/C32H50O5/c1-17(2)18(3)10-11-19(4)22-13-14-23-21-12-15-25-30(6,7)28(36)24(34)16-31(25,8)26(21)27(35)29(32(22,23)9)37-20(5)33/h14,17,19,22,24-25,27-29,34-36H,3,10-13,15-16H2,1-2,4-9H3. The zero-order valence-electron chi connectivity index (χ0n) is 24.3. The molecule has 0 bridgehead atoms. The second-order valence-corrected chi connectivity index (χ2v) is 14.0. The van der Waals surface area contributed by atoms with Crippen LogP contribution in [0.5, 0.6) is 0 Å². The van der Waals surface area contributed by atoms with Gasteiger partial charge in [-0.3, -0.25) is 4.79 Å². The van der Waals surface area contributed by atoms with Crippen LogP contribution < -0.4 is 0 Å². The molecule has 9 atom stereocenters. The highest BCUT2D eigenvalue weighted by atomic mass is 16.6. The molecule has 1 fully saturated rings. The quantitative estimate of drug-likeness (QED) is 0.311. The minimum Gasteiger partial charge on any atom is -0.458 e. The van der Waals surface area contributed by atoms with Gasteiger partial charge in [-0.2, -0.15) is 0 Å². The number of hydrogen-bond donors (Lipinski definition) is 3. The molecule has 0 aromatic carbocycles. The first kappa shape index (κ1) is 28.6. The number of rotatable bonds is 6. The van der Waals surface area contributed by atoms with E-state index in [1.807, 2.05) is 13.8 Å². The molecule has 37 heavy (non-hydrogen) atoms. The molecular weight excluding hydrogens is 464 g/mol. The molecule has 4 aliphatic rings. The fourth-order valence-electron chi connectivity index (χ4n) is 9.06. The van der Waals surface area contributed by atoms with Crippen molar-refractivity contribution in [3.63, 3.8) is 0 Å². The highest BCUT2D eigenvalue weighted by Crippen LogP contribution is 2.67. The molecule has 0 aromatic heterocycles. The Kier molecular flexibility index (Phi) is 7.45. The normalized spacial score (nSPS) is 41.5. The van der Waals surface area contributed by atoms with E-state index in [1.54, 1.807) is 0 Å². The monoisotopic (exact) mass is 514 g/mol. The van der Waals surface area contributed by atoms with Crippen LogP contribution in [0.2, 0.25) is 0 Å². The van der Waals surface area contributed by atoms with E-state index in [0.717, 1.165) is 37.7 Å². The highest BCUT2D eigenvalue weighted by molar-refractivity contribution is 5.67. The summed E-state index contributed by atoms with van der Waals surface area (Å²) in [6, 6.07) is 0. The van der Waals surface area contributed by atoms with E-state index >= 15 is 0 Å². The Balaban J connectivity index is 1.78. The first-order valence-corrected chi connectivity index (χ1v) is 14.4. The Hall–Kier alpha value is -1.43. The summed E-state index contributed by atoms with van der Waals surface area (Å²) in [6.45, 7) is 20.8. The van der Waals surface area contributed by atoms with E-state index in [0.29, 0.717) is 18.3 Å². The molecule has 0 heterocycles. The third-order valence-electron chi connectivity index (χ3n) is 11.2. The van der Waals surface area contributed by atoms with Gasteiger partial charge in [0.05, 0.1) is 12.2 Å². The maximum atomic E-state index is 12.4. The van der Waals surface area contributed by atoms with Crippen molar-refractivity contribution in [3.05, 3.63) is 34.9 Å². The third-order valence-corrected chi connectivity index (χ3v) is 11.2. The molecular formula is C32H50O5. The zero-order chi connectivity index (χ0) is 27.7. The number of aliphatic hydroxyl groups excluding tert-OH is 3. The number of carbonyl (C=O) groups is 1. The largest absolute Gasteiger partial charge is 0.458 e. The summed E-state index contributed by atoms with van der Waals surface area (Å²) in [6.07, 6.45) is 4.08. The van der Waals surface area contributed by atoms with Gasteiger partial charge in [-0.15, -0.1) is 0 Å². The molecule has 5 heteroatoms. The van der Waals surface area contributed by atoms with E-state index in [-0.39, 0.29) is 17.8 Å². The second kappa shape index (κ2) is 9.64. The molecule has 4 rings (SSSR count). The van der Waals surface area contributed by atoms with Crippen LogP contribution in [0.4, 0.5) is 0 Å². The molecule has 0 spiro atoms. The molecule has 0 aromatic rings. The average molecular weight is 515 g/mol. The maximum absolute atomic E-state index is 12.4. The number of aliphatic hydroxyl groups is 3. The summed E-state index contributed by atoms with van der Waals surface area (Å²) in [7, 11) is 0. The second-order valence-electron chi connectivity index (χ2n) is 14.0. The Morgan fingerprint density at radius 1 is 1.16 bits per heavy atom. The molecule has 5 nitrogen and oxygen atoms in total. The first-order chi connectivity index (χ1) is 17.1. The van der Waals surface area contributed by atoms with E-state index in [1.165, 1.54) is 23.6 Å². The highest BCUT2D eigenvalue weighted by Gasteiger charge is 2.64. The molecule has 0 radical (unpaired) electrons. The van der Waals surface area contributed by atoms with Gasteiger partial charge < -0.3 is 20.1 Å². The Morgan fingerprint density at radius 2 is 1.81 bits per heavy atom. The van der Waals surface area contributed by atoms with Crippen LogP contribution in [-0.2, 0) is 9.53 Å². The predicted molar refractivity (Wildman–Crippen MR) is 147 cm³/mol. The lowest BCUT2D eigenvalue weighted by Gasteiger charge is -2.62. The van der Waals surface area contributed by atoms with Crippen LogP contribution in [0.25, 0.3) is 0 Å². The van der Waals surface area contributed by atoms with Crippen molar-refractivity contribution in [1.29, 1.82) is 0 Å². The lowest BCUT2D eigenvalue weighted by atomic mass is 9.45. The first-order valence-electron chi connectivity index (χ1n) is 14.4. The molecule has 4 aliphatic carbocycles. The van der Waals surface area contributed by atoms with Crippen LogP contribution in [0, 0.1) is 39.9 Å². The van der Waals surface area contributed by atoms with Gasteiger partial charge in [-0.05, 0) is 89.7 Å².